The van der Waals surface area contributed by atoms with Crippen LogP contribution in [0.25, 0.3) is 0 Å². The number of hydrogen-bond acceptors (Lipinski definition) is 4. The van der Waals surface area contributed by atoms with Crippen LogP contribution in [-0.2, 0) is 0 Å². The summed E-state index contributed by atoms with van der Waals surface area (Å²) < 4.78 is 7.75. The molecule has 7 heteroatoms. The van der Waals surface area contributed by atoms with E-state index in [0.717, 1.165) is 29.2 Å². The van der Waals surface area contributed by atoms with Crippen LogP contribution in [0.2, 0.25) is 10.0 Å². The molecular weight excluding hydrogens is 371 g/mol. The molecule has 1 aromatic heterocycles. The Bertz CT molecular complexity index is 927. The van der Waals surface area contributed by atoms with E-state index < -0.39 is 0 Å². The molecule has 1 aliphatic heterocycles. The van der Waals surface area contributed by atoms with Gasteiger partial charge in [0.25, 0.3) is 0 Å². The van der Waals surface area contributed by atoms with Crippen molar-refractivity contribution < 1.29 is 4.74 Å². The van der Waals surface area contributed by atoms with Gasteiger partial charge in [0.1, 0.15) is 12.1 Å². The molecule has 0 saturated carbocycles. The zero-order valence-electron chi connectivity index (χ0n) is 14.2. The van der Waals surface area contributed by atoms with Crippen molar-refractivity contribution in [3.05, 3.63) is 70.0 Å². The smallest absolute Gasteiger partial charge is 0.222 e. The van der Waals surface area contributed by atoms with Gasteiger partial charge in [0, 0.05) is 5.56 Å². The fourth-order valence-electron chi connectivity index (χ4n) is 3.37. The predicted octanol–water partition coefficient (Wildman–Crippen LogP) is 5.13. The quantitative estimate of drug-likeness (QED) is 0.672. The second kappa shape index (κ2) is 7.17. The molecule has 4 rings (SSSR count). The zero-order valence-corrected chi connectivity index (χ0v) is 15.7. The van der Waals surface area contributed by atoms with Crippen LogP contribution >= 0.6 is 23.2 Å². The Kier molecular flexibility index (Phi) is 4.74. The van der Waals surface area contributed by atoms with E-state index >= 15 is 0 Å². The average Bonchev–Trinajstić information content (AvgIpc) is 3.13. The number of halogens is 2. The van der Waals surface area contributed by atoms with Crippen LogP contribution in [0.3, 0.4) is 0 Å². The molecule has 1 aliphatic rings. The minimum absolute atomic E-state index is 0.0101. The Morgan fingerprint density at radius 1 is 1.19 bits per heavy atom. The molecule has 2 heterocycles. The molecule has 0 unspecified atom stereocenters. The Morgan fingerprint density at radius 2 is 2.04 bits per heavy atom. The maximum absolute atomic E-state index is 6.22. The van der Waals surface area contributed by atoms with Gasteiger partial charge in [-0.1, -0.05) is 47.5 Å². The van der Waals surface area contributed by atoms with Crippen LogP contribution in [0, 0.1) is 0 Å². The van der Waals surface area contributed by atoms with Crippen LogP contribution < -0.4 is 10.1 Å². The number of nitrogens with one attached hydrogen (secondary N) is 1. The van der Waals surface area contributed by atoms with Crippen LogP contribution in [0.1, 0.15) is 36.6 Å². The second-order valence-corrected chi connectivity index (χ2v) is 6.94. The first-order chi connectivity index (χ1) is 12.7. The van der Waals surface area contributed by atoms with Crippen molar-refractivity contribution in [1.82, 2.24) is 14.8 Å². The lowest BCUT2D eigenvalue weighted by Gasteiger charge is -2.32. The number of para-hydroxylation sites is 1. The fraction of sp³-hybridized carbons (Fsp3) is 0.263. The van der Waals surface area contributed by atoms with Crippen LogP contribution in [-0.4, -0.2) is 21.4 Å². The minimum atomic E-state index is 0.0101. The molecule has 0 radical (unpaired) electrons. The van der Waals surface area contributed by atoms with Gasteiger partial charge in [-0.3, -0.25) is 0 Å². The molecule has 0 saturated heterocycles. The SMILES string of the molecule is CCOc1ccccc1[C@H]1C[C@@H](c2ccc(Cl)c(Cl)c2)Nc2ncnn21. The average molecular weight is 389 g/mol. The molecule has 0 amide bonds. The number of fused-ring (bicyclic) bond motifs is 1. The van der Waals surface area contributed by atoms with E-state index in [1.54, 1.807) is 6.33 Å². The van der Waals surface area contributed by atoms with Gasteiger partial charge in [0.05, 0.1) is 28.7 Å². The van der Waals surface area contributed by atoms with Crippen molar-refractivity contribution in [3.8, 4) is 5.75 Å². The highest BCUT2D eigenvalue weighted by molar-refractivity contribution is 6.42. The van der Waals surface area contributed by atoms with Crippen molar-refractivity contribution >= 4 is 29.2 Å². The third-order valence-corrected chi connectivity index (χ3v) is 5.29. The van der Waals surface area contributed by atoms with E-state index in [1.165, 1.54) is 0 Å². The summed E-state index contributed by atoms with van der Waals surface area (Å²) in [6.45, 7) is 2.60. The summed E-state index contributed by atoms with van der Waals surface area (Å²) in [6, 6.07) is 13.8. The van der Waals surface area contributed by atoms with Crippen LogP contribution in [0.4, 0.5) is 5.95 Å². The Hall–Kier alpha value is -2.24. The van der Waals surface area contributed by atoms with Gasteiger partial charge >= 0.3 is 0 Å². The number of rotatable bonds is 4. The number of anilines is 1. The first-order valence-corrected chi connectivity index (χ1v) is 9.25. The lowest BCUT2D eigenvalue weighted by atomic mass is 9.93. The van der Waals surface area contributed by atoms with Gasteiger partial charge in [0.2, 0.25) is 5.95 Å². The first-order valence-electron chi connectivity index (χ1n) is 8.50. The summed E-state index contributed by atoms with van der Waals surface area (Å²) in [6.07, 6.45) is 2.36. The van der Waals surface area contributed by atoms with Gasteiger partial charge in [-0.25, -0.2) is 4.68 Å². The maximum atomic E-state index is 6.22. The highest BCUT2D eigenvalue weighted by Gasteiger charge is 2.31. The molecule has 0 bridgehead atoms. The zero-order chi connectivity index (χ0) is 18.1. The second-order valence-electron chi connectivity index (χ2n) is 6.12. The Labute approximate surface area is 161 Å². The van der Waals surface area contributed by atoms with Gasteiger partial charge in [-0.2, -0.15) is 10.1 Å². The molecule has 26 heavy (non-hydrogen) atoms. The van der Waals surface area contributed by atoms with E-state index in [0.29, 0.717) is 16.7 Å². The Balaban J connectivity index is 1.75. The molecule has 0 fully saturated rings. The fourth-order valence-corrected chi connectivity index (χ4v) is 3.68. The van der Waals surface area contributed by atoms with Gasteiger partial charge in [-0.15, -0.1) is 0 Å². The largest absolute Gasteiger partial charge is 0.494 e. The molecular formula is C19H18Cl2N4O. The summed E-state index contributed by atoms with van der Waals surface area (Å²) in [7, 11) is 0. The molecule has 5 nitrogen and oxygen atoms in total. The van der Waals surface area contributed by atoms with E-state index in [-0.39, 0.29) is 12.1 Å². The molecule has 134 valence electrons. The third-order valence-electron chi connectivity index (χ3n) is 4.55. The Morgan fingerprint density at radius 3 is 2.85 bits per heavy atom. The van der Waals surface area contributed by atoms with Crippen molar-refractivity contribution in [1.29, 1.82) is 0 Å². The van der Waals surface area contributed by atoms with Crippen molar-refractivity contribution in [2.45, 2.75) is 25.4 Å². The number of aromatic nitrogens is 3. The minimum Gasteiger partial charge on any atom is -0.494 e. The molecule has 3 aromatic rings. The highest BCUT2D eigenvalue weighted by atomic mass is 35.5. The normalized spacial score (nSPS) is 18.9. The lowest BCUT2D eigenvalue weighted by molar-refractivity contribution is 0.325. The number of benzene rings is 2. The maximum Gasteiger partial charge on any atom is 0.222 e. The standard InChI is InChI=1S/C19H18Cl2N4O/c1-2-26-18-6-4-3-5-13(18)17-10-16(24-19-22-11-23-25(17)19)12-7-8-14(20)15(21)9-12/h3-9,11,16-17H,2,10H2,1H3,(H,22,23,24)/t16-,17+/m0/s1. The molecule has 0 aliphatic carbocycles. The van der Waals surface area contributed by atoms with Crippen LogP contribution in [0.15, 0.2) is 48.8 Å². The molecule has 0 spiro atoms. The van der Waals surface area contributed by atoms with E-state index in [4.69, 9.17) is 27.9 Å². The van der Waals surface area contributed by atoms with Gasteiger partial charge in [0.15, 0.2) is 0 Å². The number of nitrogens with zero attached hydrogens (tertiary/aromatic N) is 3. The number of hydrogen-bond donors (Lipinski definition) is 1. The third kappa shape index (κ3) is 3.13. The first kappa shape index (κ1) is 17.2. The van der Waals surface area contributed by atoms with Crippen molar-refractivity contribution in [2.24, 2.45) is 0 Å². The lowest BCUT2D eigenvalue weighted by Crippen LogP contribution is -2.28. The summed E-state index contributed by atoms with van der Waals surface area (Å²) in [4.78, 5) is 4.36. The van der Waals surface area contributed by atoms with E-state index in [9.17, 15) is 0 Å². The molecule has 2 aromatic carbocycles. The molecule has 2 atom stereocenters. The predicted molar refractivity (Wildman–Crippen MR) is 103 cm³/mol. The summed E-state index contributed by atoms with van der Waals surface area (Å²) >= 11 is 12.3. The highest BCUT2D eigenvalue weighted by Crippen LogP contribution is 2.41. The van der Waals surface area contributed by atoms with E-state index in [2.05, 4.69) is 21.5 Å². The summed E-state index contributed by atoms with van der Waals surface area (Å²) in [5.74, 6) is 1.60. The van der Waals surface area contributed by atoms with E-state index in [1.807, 2.05) is 48.0 Å². The van der Waals surface area contributed by atoms with Gasteiger partial charge < -0.3 is 10.1 Å². The van der Waals surface area contributed by atoms with Crippen molar-refractivity contribution in [2.75, 3.05) is 11.9 Å². The summed E-state index contributed by atoms with van der Waals surface area (Å²) in [5.41, 5.74) is 2.15. The monoisotopic (exact) mass is 388 g/mol. The van der Waals surface area contributed by atoms with Crippen molar-refractivity contribution in [3.63, 3.8) is 0 Å². The van der Waals surface area contributed by atoms with Gasteiger partial charge in [-0.05, 0) is 37.1 Å². The summed E-state index contributed by atoms with van der Waals surface area (Å²) in [5, 5.41) is 8.95. The topological polar surface area (TPSA) is 52.0 Å². The molecule has 1 N–H and O–H groups in total. The van der Waals surface area contributed by atoms with Crippen LogP contribution in [0.5, 0.6) is 5.75 Å². The number of ether oxygens (including phenoxy) is 1.